The number of hydrogen-bond acceptors (Lipinski definition) is 3. The lowest BCUT2D eigenvalue weighted by atomic mass is 10.1. The van der Waals surface area contributed by atoms with Crippen LogP contribution in [0.15, 0.2) is 48.5 Å². The second-order valence-electron chi connectivity index (χ2n) is 5.80. The maximum atomic E-state index is 12.8. The van der Waals surface area contributed by atoms with Gasteiger partial charge in [0.05, 0.1) is 6.54 Å². The van der Waals surface area contributed by atoms with E-state index >= 15 is 0 Å². The molecule has 0 aromatic heterocycles. The van der Waals surface area contributed by atoms with Gasteiger partial charge in [-0.2, -0.15) is 0 Å². The highest BCUT2D eigenvalue weighted by Gasteiger charge is 2.03. The second kappa shape index (κ2) is 9.67. The highest BCUT2D eigenvalue weighted by Crippen LogP contribution is 2.17. The molecule has 0 saturated carbocycles. The van der Waals surface area contributed by atoms with Crippen molar-refractivity contribution in [1.29, 1.82) is 0 Å². The molecule has 2 aromatic rings. The lowest BCUT2D eigenvalue weighted by molar-refractivity contribution is -0.119. The first-order valence-electron chi connectivity index (χ1n) is 8.72. The molecule has 0 aliphatic carbocycles. The summed E-state index contributed by atoms with van der Waals surface area (Å²) in [7, 11) is 0. The fraction of sp³-hybridized carbons (Fsp3) is 0.350. The van der Waals surface area contributed by atoms with Gasteiger partial charge in [0, 0.05) is 31.0 Å². The fourth-order valence-corrected chi connectivity index (χ4v) is 2.62. The molecule has 0 atom stereocenters. The van der Waals surface area contributed by atoms with Gasteiger partial charge in [-0.15, -0.1) is 0 Å². The Bertz CT molecular complexity index is 652. The van der Waals surface area contributed by atoms with Crippen LogP contribution in [0.25, 0.3) is 0 Å². The Morgan fingerprint density at radius 1 is 1.00 bits per heavy atom. The summed E-state index contributed by atoms with van der Waals surface area (Å²) in [4.78, 5) is 14.2. The van der Waals surface area contributed by atoms with Gasteiger partial charge < -0.3 is 15.5 Å². The Hall–Kier alpha value is -2.56. The maximum Gasteiger partial charge on any atom is 0.239 e. The SMILES string of the molecule is CCN(CC)c1ccc(NCC(=O)NCCc2ccc(F)cc2)cc1. The quantitative estimate of drug-likeness (QED) is 0.733. The Morgan fingerprint density at radius 3 is 2.24 bits per heavy atom. The Balaban J connectivity index is 1.71. The van der Waals surface area contributed by atoms with Crippen molar-refractivity contribution in [3.8, 4) is 0 Å². The van der Waals surface area contributed by atoms with Gasteiger partial charge in [-0.25, -0.2) is 4.39 Å². The molecule has 0 radical (unpaired) electrons. The smallest absolute Gasteiger partial charge is 0.239 e. The van der Waals surface area contributed by atoms with Gasteiger partial charge in [0.15, 0.2) is 0 Å². The maximum absolute atomic E-state index is 12.8. The number of nitrogens with zero attached hydrogens (tertiary/aromatic N) is 1. The number of rotatable bonds is 9. The van der Waals surface area contributed by atoms with Crippen molar-refractivity contribution in [3.63, 3.8) is 0 Å². The van der Waals surface area contributed by atoms with Crippen LogP contribution in [-0.2, 0) is 11.2 Å². The van der Waals surface area contributed by atoms with Crippen molar-refractivity contribution in [2.24, 2.45) is 0 Å². The summed E-state index contributed by atoms with van der Waals surface area (Å²) in [6.07, 6.45) is 0.685. The molecule has 4 nitrogen and oxygen atoms in total. The summed E-state index contributed by atoms with van der Waals surface area (Å²) in [5.41, 5.74) is 3.10. The summed E-state index contributed by atoms with van der Waals surface area (Å²) < 4.78 is 12.8. The first-order valence-corrected chi connectivity index (χ1v) is 8.72. The molecule has 5 heteroatoms. The lowest BCUT2D eigenvalue weighted by Gasteiger charge is -2.21. The zero-order valence-corrected chi connectivity index (χ0v) is 14.9. The molecule has 134 valence electrons. The topological polar surface area (TPSA) is 44.4 Å². The van der Waals surface area contributed by atoms with E-state index in [2.05, 4.69) is 41.5 Å². The van der Waals surface area contributed by atoms with Crippen molar-refractivity contribution in [2.75, 3.05) is 36.4 Å². The van der Waals surface area contributed by atoms with Gasteiger partial charge in [-0.1, -0.05) is 12.1 Å². The molecular weight excluding hydrogens is 317 g/mol. The van der Waals surface area contributed by atoms with Crippen LogP contribution in [0.3, 0.4) is 0 Å². The van der Waals surface area contributed by atoms with Gasteiger partial charge in [0.25, 0.3) is 0 Å². The summed E-state index contributed by atoms with van der Waals surface area (Å²) >= 11 is 0. The van der Waals surface area contributed by atoms with Crippen LogP contribution >= 0.6 is 0 Å². The molecule has 0 unspecified atom stereocenters. The Labute approximate surface area is 149 Å². The first kappa shape index (κ1) is 18.8. The van der Waals surface area contributed by atoms with Gasteiger partial charge >= 0.3 is 0 Å². The van der Waals surface area contributed by atoms with Crippen LogP contribution < -0.4 is 15.5 Å². The molecular formula is C20H26FN3O. The van der Waals surface area contributed by atoms with Crippen LogP contribution in [-0.4, -0.2) is 32.1 Å². The average molecular weight is 343 g/mol. The third kappa shape index (κ3) is 6.10. The number of amides is 1. The highest BCUT2D eigenvalue weighted by atomic mass is 19.1. The molecule has 0 bridgehead atoms. The molecule has 0 saturated heterocycles. The van der Waals surface area contributed by atoms with Gasteiger partial charge in [-0.05, 0) is 62.2 Å². The minimum Gasteiger partial charge on any atom is -0.376 e. The number of hydrogen-bond donors (Lipinski definition) is 2. The Morgan fingerprint density at radius 2 is 1.64 bits per heavy atom. The Kier molecular flexibility index (Phi) is 7.26. The van der Waals surface area contributed by atoms with Crippen molar-refractivity contribution < 1.29 is 9.18 Å². The van der Waals surface area contributed by atoms with E-state index in [0.717, 1.165) is 24.3 Å². The zero-order valence-electron chi connectivity index (χ0n) is 14.9. The van der Waals surface area contributed by atoms with E-state index in [1.165, 1.54) is 17.8 Å². The number of carbonyl (C=O) groups excluding carboxylic acids is 1. The number of anilines is 2. The molecule has 1 amide bonds. The molecule has 0 fully saturated rings. The summed E-state index contributed by atoms with van der Waals surface area (Å²) in [5.74, 6) is -0.307. The minimum absolute atomic E-state index is 0.0602. The number of carbonyl (C=O) groups is 1. The predicted molar refractivity (Wildman–Crippen MR) is 102 cm³/mol. The number of nitrogens with one attached hydrogen (secondary N) is 2. The van der Waals surface area contributed by atoms with E-state index in [4.69, 9.17) is 0 Å². The van der Waals surface area contributed by atoms with Gasteiger partial charge in [0.2, 0.25) is 5.91 Å². The van der Waals surface area contributed by atoms with E-state index in [1.807, 2.05) is 12.1 Å². The van der Waals surface area contributed by atoms with Crippen LogP contribution in [0.5, 0.6) is 0 Å². The first-order chi connectivity index (χ1) is 12.1. The summed E-state index contributed by atoms with van der Waals surface area (Å²) in [6, 6.07) is 14.4. The van der Waals surface area contributed by atoms with Crippen molar-refractivity contribution in [1.82, 2.24) is 5.32 Å². The number of halogens is 1. The largest absolute Gasteiger partial charge is 0.376 e. The number of benzene rings is 2. The third-order valence-corrected chi connectivity index (χ3v) is 4.10. The minimum atomic E-state index is -0.246. The molecule has 0 aliphatic heterocycles. The van der Waals surface area contributed by atoms with Crippen molar-refractivity contribution in [2.45, 2.75) is 20.3 Å². The normalized spacial score (nSPS) is 10.4. The van der Waals surface area contributed by atoms with E-state index in [9.17, 15) is 9.18 Å². The zero-order chi connectivity index (χ0) is 18.1. The van der Waals surface area contributed by atoms with Crippen LogP contribution in [0.2, 0.25) is 0 Å². The van der Waals surface area contributed by atoms with E-state index in [-0.39, 0.29) is 18.3 Å². The van der Waals surface area contributed by atoms with Gasteiger partial charge in [-0.3, -0.25) is 4.79 Å². The predicted octanol–water partition coefficient (Wildman–Crippen LogP) is 3.44. The van der Waals surface area contributed by atoms with Crippen LogP contribution in [0.4, 0.5) is 15.8 Å². The molecule has 2 N–H and O–H groups in total. The van der Waals surface area contributed by atoms with E-state index < -0.39 is 0 Å². The van der Waals surface area contributed by atoms with E-state index in [1.54, 1.807) is 12.1 Å². The lowest BCUT2D eigenvalue weighted by Crippen LogP contribution is -2.31. The van der Waals surface area contributed by atoms with Crippen molar-refractivity contribution >= 4 is 17.3 Å². The third-order valence-electron chi connectivity index (χ3n) is 4.10. The molecule has 2 rings (SSSR count). The van der Waals surface area contributed by atoms with Crippen molar-refractivity contribution in [3.05, 3.63) is 59.9 Å². The molecule has 0 heterocycles. The average Bonchev–Trinajstić information content (AvgIpc) is 2.64. The van der Waals surface area contributed by atoms with Crippen LogP contribution in [0, 0.1) is 5.82 Å². The summed E-state index contributed by atoms with van der Waals surface area (Å²) in [6.45, 7) is 6.97. The monoisotopic (exact) mass is 343 g/mol. The van der Waals surface area contributed by atoms with Gasteiger partial charge in [0.1, 0.15) is 5.82 Å². The molecule has 25 heavy (non-hydrogen) atoms. The molecule has 0 aliphatic rings. The molecule has 0 spiro atoms. The second-order valence-corrected chi connectivity index (χ2v) is 5.80. The standard InChI is InChI=1S/C20H26FN3O/c1-3-24(4-2)19-11-9-18(10-12-19)23-15-20(25)22-14-13-16-5-7-17(21)8-6-16/h5-12,23H,3-4,13-15H2,1-2H3,(H,22,25). The van der Waals surface area contributed by atoms with Crippen LogP contribution in [0.1, 0.15) is 19.4 Å². The summed E-state index contributed by atoms with van der Waals surface area (Å²) in [5, 5.41) is 5.98. The highest BCUT2D eigenvalue weighted by molar-refractivity contribution is 5.80. The fourth-order valence-electron chi connectivity index (χ4n) is 2.62. The van der Waals surface area contributed by atoms with E-state index in [0.29, 0.717) is 13.0 Å². The molecule has 2 aromatic carbocycles.